The molecule has 3 nitrogen and oxygen atoms in total. The molecule has 88 valence electrons. The van der Waals surface area contributed by atoms with E-state index >= 15 is 0 Å². The summed E-state index contributed by atoms with van der Waals surface area (Å²) in [6, 6.07) is 10.3. The second kappa shape index (κ2) is 5.43. The van der Waals surface area contributed by atoms with E-state index in [0.717, 1.165) is 13.1 Å². The molecule has 0 aliphatic carbocycles. The number of aliphatic hydroxyl groups excluding tert-OH is 2. The lowest BCUT2D eigenvalue weighted by Crippen LogP contribution is -2.24. The molecular formula is C13H19NO2. The van der Waals surface area contributed by atoms with Crippen molar-refractivity contribution >= 4 is 0 Å². The lowest BCUT2D eigenvalue weighted by molar-refractivity contribution is 0.195. The first-order valence-electron chi connectivity index (χ1n) is 5.84. The zero-order valence-corrected chi connectivity index (χ0v) is 9.42. The molecule has 0 amide bonds. The lowest BCUT2D eigenvalue weighted by atomic mass is 9.90. The van der Waals surface area contributed by atoms with Gasteiger partial charge < -0.3 is 15.1 Å². The third kappa shape index (κ3) is 2.43. The van der Waals surface area contributed by atoms with Gasteiger partial charge in [-0.25, -0.2) is 0 Å². The minimum Gasteiger partial charge on any atom is -0.396 e. The topological polar surface area (TPSA) is 43.7 Å². The molecule has 16 heavy (non-hydrogen) atoms. The molecule has 0 saturated carbocycles. The van der Waals surface area contributed by atoms with E-state index in [1.165, 1.54) is 5.56 Å². The summed E-state index contributed by atoms with van der Waals surface area (Å²) in [6.45, 7) is 2.95. The average Bonchev–Trinajstić information content (AvgIpc) is 2.74. The van der Waals surface area contributed by atoms with Crippen molar-refractivity contribution in [3.05, 3.63) is 35.9 Å². The van der Waals surface area contributed by atoms with Gasteiger partial charge in [-0.3, -0.25) is 0 Å². The van der Waals surface area contributed by atoms with Crippen LogP contribution in [0.4, 0.5) is 0 Å². The summed E-state index contributed by atoms with van der Waals surface area (Å²) in [7, 11) is 0. The third-order valence-electron chi connectivity index (χ3n) is 3.40. The second-order valence-electron chi connectivity index (χ2n) is 4.44. The predicted octanol–water partition coefficient (Wildman–Crippen LogP) is 0.687. The predicted molar refractivity (Wildman–Crippen MR) is 63.3 cm³/mol. The molecule has 1 fully saturated rings. The van der Waals surface area contributed by atoms with Crippen molar-refractivity contribution in [1.82, 2.24) is 4.90 Å². The van der Waals surface area contributed by atoms with Crippen LogP contribution in [0, 0.1) is 5.92 Å². The van der Waals surface area contributed by atoms with Gasteiger partial charge in [0.25, 0.3) is 0 Å². The number of β-amino-alcohol motifs (C(OH)–C–C–N with tert-alkyl or cyclic N) is 1. The smallest absolute Gasteiger partial charge is 0.0558 e. The summed E-state index contributed by atoms with van der Waals surface area (Å²) in [5, 5.41) is 18.3. The molecule has 2 rings (SSSR count). The summed E-state index contributed by atoms with van der Waals surface area (Å²) in [6.07, 6.45) is 0. The van der Waals surface area contributed by atoms with Crippen molar-refractivity contribution in [2.75, 3.05) is 32.8 Å². The number of benzene rings is 1. The zero-order valence-electron chi connectivity index (χ0n) is 9.42. The molecule has 3 heteroatoms. The van der Waals surface area contributed by atoms with Crippen molar-refractivity contribution in [2.24, 2.45) is 5.92 Å². The normalized spacial score (nSPS) is 26.1. The first-order chi connectivity index (χ1) is 7.85. The molecule has 0 spiro atoms. The largest absolute Gasteiger partial charge is 0.396 e. The second-order valence-corrected chi connectivity index (χ2v) is 4.44. The van der Waals surface area contributed by atoms with Gasteiger partial charge in [0.2, 0.25) is 0 Å². The van der Waals surface area contributed by atoms with Crippen molar-refractivity contribution in [1.29, 1.82) is 0 Å². The van der Waals surface area contributed by atoms with E-state index in [1.807, 2.05) is 18.2 Å². The minimum atomic E-state index is 0.194. The van der Waals surface area contributed by atoms with E-state index in [9.17, 15) is 5.11 Å². The fourth-order valence-electron chi connectivity index (χ4n) is 2.55. The van der Waals surface area contributed by atoms with Crippen LogP contribution < -0.4 is 0 Å². The first kappa shape index (κ1) is 11.6. The highest BCUT2D eigenvalue weighted by molar-refractivity contribution is 5.22. The Morgan fingerprint density at radius 2 is 1.88 bits per heavy atom. The Bertz CT molecular complexity index is 315. The molecule has 1 aromatic rings. The molecule has 1 aliphatic heterocycles. The highest BCUT2D eigenvalue weighted by Gasteiger charge is 2.32. The summed E-state index contributed by atoms with van der Waals surface area (Å²) in [5.74, 6) is 0.701. The Kier molecular flexibility index (Phi) is 3.93. The quantitative estimate of drug-likeness (QED) is 0.786. The fourth-order valence-corrected chi connectivity index (χ4v) is 2.55. The van der Waals surface area contributed by atoms with E-state index in [4.69, 9.17) is 5.11 Å². The standard InChI is InChI=1S/C13H19NO2/c15-7-6-14-8-12(10-16)13(9-14)11-4-2-1-3-5-11/h1-5,12-13,15-16H,6-10H2/t12-,13+/m0/s1. The van der Waals surface area contributed by atoms with Crippen molar-refractivity contribution < 1.29 is 10.2 Å². The van der Waals surface area contributed by atoms with Crippen LogP contribution in [-0.2, 0) is 0 Å². The number of hydrogen-bond acceptors (Lipinski definition) is 3. The molecule has 0 aromatic heterocycles. The van der Waals surface area contributed by atoms with E-state index in [0.29, 0.717) is 18.4 Å². The summed E-state index contributed by atoms with van der Waals surface area (Å²) in [4.78, 5) is 2.22. The summed E-state index contributed by atoms with van der Waals surface area (Å²) >= 11 is 0. The summed E-state index contributed by atoms with van der Waals surface area (Å²) < 4.78 is 0. The molecule has 2 atom stereocenters. The van der Waals surface area contributed by atoms with E-state index in [2.05, 4.69) is 17.0 Å². The van der Waals surface area contributed by atoms with Crippen LogP contribution in [0.1, 0.15) is 11.5 Å². The van der Waals surface area contributed by atoms with Crippen molar-refractivity contribution in [2.45, 2.75) is 5.92 Å². The number of nitrogens with zero attached hydrogens (tertiary/aromatic N) is 1. The van der Waals surface area contributed by atoms with Crippen LogP contribution in [0.3, 0.4) is 0 Å². The van der Waals surface area contributed by atoms with E-state index in [1.54, 1.807) is 0 Å². The van der Waals surface area contributed by atoms with Crippen LogP contribution >= 0.6 is 0 Å². The SMILES string of the molecule is OCCN1C[C@@H](CO)[C@@H](c2ccccc2)C1. The van der Waals surface area contributed by atoms with Crippen molar-refractivity contribution in [3.63, 3.8) is 0 Å². The molecular weight excluding hydrogens is 202 g/mol. The minimum absolute atomic E-state index is 0.194. The van der Waals surface area contributed by atoms with Gasteiger partial charge in [0.05, 0.1) is 6.61 Å². The highest BCUT2D eigenvalue weighted by atomic mass is 16.3. The first-order valence-corrected chi connectivity index (χ1v) is 5.84. The molecule has 1 heterocycles. The highest BCUT2D eigenvalue weighted by Crippen LogP contribution is 2.31. The zero-order chi connectivity index (χ0) is 11.4. The van der Waals surface area contributed by atoms with Crippen molar-refractivity contribution in [3.8, 4) is 0 Å². The van der Waals surface area contributed by atoms with E-state index < -0.39 is 0 Å². The Morgan fingerprint density at radius 3 is 2.50 bits per heavy atom. The maximum Gasteiger partial charge on any atom is 0.0558 e. The number of hydrogen-bond donors (Lipinski definition) is 2. The van der Waals surface area contributed by atoms with Gasteiger partial charge in [-0.1, -0.05) is 30.3 Å². The molecule has 0 bridgehead atoms. The molecule has 1 saturated heterocycles. The number of aliphatic hydroxyl groups is 2. The van der Waals surface area contributed by atoms with Crippen LogP contribution in [0.5, 0.6) is 0 Å². The van der Waals surface area contributed by atoms with Gasteiger partial charge in [0.1, 0.15) is 0 Å². The van der Waals surface area contributed by atoms with Gasteiger partial charge in [-0.2, -0.15) is 0 Å². The molecule has 1 aromatic carbocycles. The Balaban J connectivity index is 2.09. The van der Waals surface area contributed by atoms with Gasteiger partial charge in [-0.05, 0) is 5.56 Å². The van der Waals surface area contributed by atoms with Crippen LogP contribution in [-0.4, -0.2) is 48.0 Å². The van der Waals surface area contributed by atoms with Crippen LogP contribution in [0.2, 0.25) is 0 Å². The lowest BCUT2D eigenvalue weighted by Gasteiger charge is -2.16. The average molecular weight is 221 g/mol. The number of likely N-dealkylation sites (tertiary alicyclic amines) is 1. The van der Waals surface area contributed by atoms with Gasteiger partial charge in [-0.15, -0.1) is 0 Å². The Labute approximate surface area is 96.3 Å². The number of rotatable bonds is 4. The fraction of sp³-hybridized carbons (Fsp3) is 0.538. The van der Waals surface area contributed by atoms with Gasteiger partial charge in [0, 0.05) is 38.1 Å². The van der Waals surface area contributed by atoms with Gasteiger partial charge >= 0.3 is 0 Å². The Hall–Kier alpha value is -0.900. The van der Waals surface area contributed by atoms with Gasteiger partial charge in [0.15, 0.2) is 0 Å². The molecule has 0 radical (unpaired) electrons. The molecule has 1 aliphatic rings. The third-order valence-corrected chi connectivity index (χ3v) is 3.40. The van der Waals surface area contributed by atoms with Crippen LogP contribution in [0.15, 0.2) is 30.3 Å². The monoisotopic (exact) mass is 221 g/mol. The molecule has 2 N–H and O–H groups in total. The maximum atomic E-state index is 9.39. The maximum absolute atomic E-state index is 9.39. The molecule has 0 unspecified atom stereocenters. The Morgan fingerprint density at radius 1 is 1.12 bits per heavy atom. The van der Waals surface area contributed by atoms with E-state index in [-0.39, 0.29) is 13.2 Å². The summed E-state index contributed by atoms with van der Waals surface area (Å²) in [5.41, 5.74) is 1.29. The van der Waals surface area contributed by atoms with Crippen LogP contribution in [0.25, 0.3) is 0 Å².